The van der Waals surface area contributed by atoms with Crippen LogP contribution < -0.4 is 5.32 Å². The molecule has 1 aromatic carbocycles. The number of hydrogen-bond donors (Lipinski definition) is 1. The number of carbonyl (C=O) groups is 2. The van der Waals surface area contributed by atoms with Crippen molar-refractivity contribution in [2.45, 2.75) is 13.2 Å². The van der Waals surface area contributed by atoms with Gasteiger partial charge in [0.25, 0.3) is 5.91 Å². The maximum atomic E-state index is 12.6. The lowest BCUT2D eigenvalue weighted by Crippen LogP contribution is -2.51. The molecule has 1 aliphatic rings. The number of furan rings is 2. The van der Waals surface area contributed by atoms with Gasteiger partial charge < -0.3 is 28.7 Å². The van der Waals surface area contributed by atoms with Crippen LogP contribution in [0.1, 0.15) is 21.9 Å². The van der Waals surface area contributed by atoms with Crippen LogP contribution in [0.5, 0.6) is 0 Å². The molecule has 156 valence electrons. The highest BCUT2D eigenvalue weighted by molar-refractivity contribution is 5.92. The zero-order valence-corrected chi connectivity index (χ0v) is 16.5. The molecule has 30 heavy (non-hydrogen) atoms. The maximum Gasteiger partial charge on any atom is 0.321 e. The first-order valence-corrected chi connectivity index (χ1v) is 9.77. The van der Waals surface area contributed by atoms with Crippen LogP contribution in [0.4, 0.5) is 10.5 Å². The van der Waals surface area contributed by atoms with Gasteiger partial charge in [-0.25, -0.2) is 4.79 Å². The van der Waals surface area contributed by atoms with Crippen molar-refractivity contribution in [2.24, 2.45) is 0 Å². The summed E-state index contributed by atoms with van der Waals surface area (Å²) in [7, 11) is 0. The fraction of sp³-hybridized carbons (Fsp3) is 0.273. The lowest BCUT2D eigenvalue weighted by atomic mass is 10.2. The Balaban J connectivity index is 1.25. The van der Waals surface area contributed by atoms with Crippen LogP contribution in [-0.2, 0) is 18.0 Å². The van der Waals surface area contributed by atoms with Crippen LogP contribution in [0.15, 0.2) is 69.9 Å². The summed E-state index contributed by atoms with van der Waals surface area (Å²) in [6.07, 6.45) is 3.09. The Kier molecular flexibility index (Phi) is 6.14. The summed E-state index contributed by atoms with van der Waals surface area (Å²) in [6.45, 7) is 2.66. The molecule has 1 fully saturated rings. The van der Waals surface area contributed by atoms with E-state index in [0.29, 0.717) is 50.8 Å². The fourth-order valence-corrected chi connectivity index (χ4v) is 3.27. The average molecular weight is 409 g/mol. The predicted octanol–water partition coefficient (Wildman–Crippen LogP) is 3.58. The van der Waals surface area contributed by atoms with Gasteiger partial charge in [-0.3, -0.25) is 4.79 Å². The third-order valence-corrected chi connectivity index (χ3v) is 4.86. The van der Waals surface area contributed by atoms with E-state index in [9.17, 15) is 9.59 Å². The van der Waals surface area contributed by atoms with Crippen LogP contribution in [-0.4, -0.2) is 47.9 Å². The zero-order chi connectivity index (χ0) is 20.8. The maximum absolute atomic E-state index is 12.6. The highest BCUT2D eigenvalue weighted by atomic mass is 16.5. The molecule has 4 rings (SSSR count). The van der Waals surface area contributed by atoms with E-state index in [1.165, 1.54) is 6.26 Å². The van der Waals surface area contributed by atoms with Crippen LogP contribution in [0.2, 0.25) is 0 Å². The molecule has 3 heterocycles. The Hall–Kier alpha value is -3.52. The standard InChI is InChI=1S/C22H23N3O5/c26-21(20-7-3-13-30-20)24-8-10-25(11-9-24)22(27)23-18-5-1-4-17(14-18)15-28-16-19-6-2-12-29-19/h1-7,12-14H,8-11,15-16H2,(H,23,27). The number of nitrogens with one attached hydrogen (secondary N) is 1. The van der Waals surface area contributed by atoms with Gasteiger partial charge in [0.15, 0.2) is 5.76 Å². The van der Waals surface area contributed by atoms with Gasteiger partial charge in [0, 0.05) is 31.9 Å². The smallest absolute Gasteiger partial charge is 0.321 e. The number of urea groups is 1. The number of piperazine rings is 1. The van der Waals surface area contributed by atoms with Crippen molar-refractivity contribution in [2.75, 3.05) is 31.5 Å². The summed E-state index contributed by atoms with van der Waals surface area (Å²) in [5, 5.41) is 2.92. The first-order chi connectivity index (χ1) is 14.7. The lowest BCUT2D eigenvalue weighted by Gasteiger charge is -2.34. The Morgan fingerprint density at radius 1 is 0.900 bits per heavy atom. The van der Waals surface area contributed by atoms with Crippen LogP contribution >= 0.6 is 0 Å². The van der Waals surface area contributed by atoms with Crippen molar-refractivity contribution in [3.63, 3.8) is 0 Å². The lowest BCUT2D eigenvalue weighted by molar-refractivity contribution is 0.0640. The largest absolute Gasteiger partial charge is 0.467 e. The Bertz CT molecular complexity index is 961. The molecular weight excluding hydrogens is 386 g/mol. The third-order valence-electron chi connectivity index (χ3n) is 4.86. The van der Waals surface area contributed by atoms with Crippen molar-refractivity contribution in [1.29, 1.82) is 0 Å². The number of nitrogens with zero attached hydrogens (tertiary/aromatic N) is 2. The second kappa shape index (κ2) is 9.32. The second-order valence-corrected chi connectivity index (χ2v) is 6.96. The van der Waals surface area contributed by atoms with Gasteiger partial charge in [-0.05, 0) is 42.0 Å². The molecule has 1 saturated heterocycles. The van der Waals surface area contributed by atoms with E-state index in [0.717, 1.165) is 11.3 Å². The van der Waals surface area contributed by atoms with E-state index in [-0.39, 0.29) is 11.9 Å². The minimum Gasteiger partial charge on any atom is -0.467 e. The number of anilines is 1. The third kappa shape index (κ3) is 4.90. The highest BCUT2D eigenvalue weighted by Crippen LogP contribution is 2.15. The molecule has 8 nitrogen and oxygen atoms in total. The topological polar surface area (TPSA) is 88.2 Å². The van der Waals surface area contributed by atoms with E-state index in [4.69, 9.17) is 13.6 Å². The SMILES string of the molecule is O=C(Nc1cccc(COCc2ccco2)c1)N1CCN(C(=O)c2ccco2)CC1. The minimum absolute atomic E-state index is 0.151. The number of rotatable bonds is 6. The monoisotopic (exact) mass is 409 g/mol. The van der Waals surface area contributed by atoms with Gasteiger partial charge >= 0.3 is 6.03 Å². The fourth-order valence-electron chi connectivity index (χ4n) is 3.27. The summed E-state index contributed by atoms with van der Waals surface area (Å²) >= 11 is 0. The van der Waals surface area contributed by atoms with Gasteiger partial charge in [0.2, 0.25) is 0 Å². The second-order valence-electron chi connectivity index (χ2n) is 6.96. The van der Waals surface area contributed by atoms with Crippen molar-refractivity contribution in [3.05, 3.63) is 78.1 Å². The molecular formula is C22H23N3O5. The molecule has 0 radical (unpaired) electrons. The van der Waals surface area contributed by atoms with Crippen molar-refractivity contribution in [3.8, 4) is 0 Å². The van der Waals surface area contributed by atoms with Crippen molar-refractivity contribution >= 4 is 17.6 Å². The van der Waals surface area contributed by atoms with E-state index in [1.807, 2.05) is 36.4 Å². The van der Waals surface area contributed by atoms with Gasteiger partial charge in [-0.15, -0.1) is 0 Å². The van der Waals surface area contributed by atoms with E-state index < -0.39 is 0 Å². The van der Waals surface area contributed by atoms with Crippen LogP contribution in [0.3, 0.4) is 0 Å². The molecule has 8 heteroatoms. The molecule has 1 aliphatic heterocycles. The Morgan fingerprint density at radius 2 is 1.67 bits per heavy atom. The summed E-state index contributed by atoms with van der Waals surface area (Å²) in [6, 6.07) is 14.4. The first kappa shape index (κ1) is 19.8. The van der Waals surface area contributed by atoms with Gasteiger partial charge in [-0.2, -0.15) is 0 Å². The van der Waals surface area contributed by atoms with Gasteiger partial charge in [0.05, 0.1) is 19.1 Å². The quantitative estimate of drug-likeness (QED) is 0.672. The predicted molar refractivity (Wildman–Crippen MR) is 109 cm³/mol. The van der Waals surface area contributed by atoms with E-state index >= 15 is 0 Å². The number of hydrogen-bond acceptors (Lipinski definition) is 5. The molecule has 2 aromatic heterocycles. The molecule has 0 unspecified atom stereocenters. The molecule has 0 atom stereocenters. The highest BCUT2D eigenvalue weighted by Gasteiger charge is 2.26. The summed E-state index contributed by atoms with van der Waals surface area (Å²) < 4.78 is 16.0. The molecule has 3 amide bonds. The van der Waals surface area contributed by atoms with Crippen LogP contribution in [0, 0.1) is 0 Å². The van der Waals surface area contributed by atoms with Gasteiger partial charge in [0.1, 0.15) is 12.4 Å². The summed E-state index contributed by atoms with van der Waals surface area (Å²) in [5.74, 6) is 0.936. The van der Waals surface area contributed by atoms with E-state index in [2.05, 4.69) is 5.32 Å². The molecule has 1 N–H and O–H groups in total. The number of carbonyl (C=O) groups excluding carboxylic acids is 2. The Morgan fingerprint density at radius 3 is 2.40 bits per heavy atom. The molecule has 3 aromatic rings. The van der Waals surface area contributed by atoms with E-state index in [1.54, 1.807) is 28.2 Å². The normalized spacial score (nSPS) is 14.0. The van der Waals surface area contributed by atoms with Crippen LogP contribution in [0.25, 0.3) is 0 Å². The molecule has 0 saturated carbocycles. The zero-order valence-electron chi connectivity index (χ0n) is 16.5. The van der Waals surface area contributed by atoms with Crippen molar-refractivity contribution in [1.82, 2.24) is 9.80 Å². The minimum atomic E-state index is -0.186. The molecule has 0 spiro atoms. The summed E-state index contributed by atoms with van der Waals surface area (Å²) in [5.41, 5.74) is 1.65. The van der Waals surface area contributed by atoms with Crippen molar-refractivity contribution < 1.29 is 23.2 Å². The number of amides is 3. The molecule has 0 bridgehead atoms. The first-order valence-electron chi connectivity index (χ1n) is 9.77. The Labute approximate surface area is 174 Å². The average Bonchev–Trinajstić information content (AvgIpc) is 3.48. The number of ether oxygens (including phenoxy) is 1. The summed E-state index contributed by atoms with van der Waals surface area (Å²) in [4.78, 5) is 28.3. The van der Waals surface area contributed by atoms with Gasteiger partial charge in [-0.1, -0.05) is 12.1 Å². The number of benzene rings is 1. The molecule has 0 aliphatic carbocycles.